The van der Waals surface area contributed by atoms with E-state index in [1.54, 1.807) is 7.11 Å². The summed E-state index contributed by atoms with van der Waals surface area (Å²) in [7, 11) is 1.62. The zero-order valence-corrected chi connectivity index (χ0v) is 12.1. The summed E-state index contributed by atoms with van der Waals surface area (Å²) >= 11 is 0. The maximum atomic E-state index is 12.0. The first-order valence-corrected chi connectivity index (χ1v) is 7.00. The summed E-state index contributed by atoms with van der Waals surface area (Å²) in [4.78, 5) is 14.2. The number of amides is 1. The van der Waals surface area contributed by atoms with Crippen LogP contribution in [0, 0.1) is 5.92 Å². The predicted molar refractivity (Wildman–Crippen MR) is 79.8 cm³/mol. The molecule has 5 heteroatoms. The average Bonchev–Trinajstić information content (AvgIpc) is 2.80. The molecule has 0 radical (unpaired) electrons. The third-order valence-electron chi connectivity index (χ3n) is 3.84. The lowest BCUT2D eigenvalue weighted by molar-refractivity contribution is -0.117. The Hall–Kier alpha value is -1.59. The van der Waals surface area contributed by atoms with Gasteiger partial charge in [-0.15, -0.1) is 0 Å². The molecule has 20 heavy (non-hydrogen) atoms. The average molecular weight is 277 g/mol. The van der Waals surface area contributed by atoms with Crippen LogP contribution in [0.3, 0.4) is 0 Å². The Bertz CT molecular complexity index is 447. The fraction of sp³-hybridized carbons (Fsp3) is 0.533. The van der Waals surface area contributed by atoms with E-state index in [0.29, 0.717) is 25.0 Å². The highest BCUT2D eigenvalue weighted by Gasteiger charge is 2.29. The lowest BCUT2D eigenvalue weighted by Gasteiger charge is -2.20. The number of rotatable bonds is 5. The smallest absolute Gasteiger partial charge is 0.238 e. The highest BCUT2D eigenvalue weighted by molar-refractivity contribution is 5.92. The van der Waals surface area contributed by atoms with Crippen LogP contribution in [0.25, 0.3) is 0 Å². The molecule has 1 aromatic carbocycles. The van der Waals surface area contributed by atoms with Crippen molar-refractivity contribution in [2.75, 3.05) is 32.1 Å². The van der Waals surface area contributed by atoms with Gasteiger partial charge in [-0.1, -0.05) is 0 Å². The Kier molecular flexibility index (Phi) is 4.98. The van der Waals surface area contributed by atoms with Gasteiger partial charge in [0, 0.05) is 18.3 Å². The van der Waals surface area contributed by atoms with E-state index in [1.165, 1.54) is 0 Å². The van der Waals surface area contributed by atoms with E-state index in [-0.39, 0.29) is 5.91 Å². The number of nitrogens with two attached hydrogens (primary N) is 1. The number of nitrogens with one attached hydrogen (secondary N) is 1. The second-order valence-corrected chi connectivity index (χ2v) is 5.39. The zero-order chi connectivity index (χ0) is 14.5. The summed E-state index contributed by atoms with van der Waals surface area (Å²) in [5, 5.41) is 2.91. The lowest BCUT2D eigenvalue weighted by Crippen LogP contribution is -2.35. The van der Waals surface area contributed by atoms with Crippen LogP contribution in [0.4, 0.5) is 5.69 Å². The summed E-state index contributed by atoms with van der Waals surface area (Å²) < 4.78 is 5.09. The number of carbonyl (C=O) groups excluding carboxylic acids is 1. The van der Waals surface area contributed by atoms with Gasteiger partial charge in [0.05, 0.1) is 13.7 Å². The minimum Gasteiger partial charge on any atom is -0.497 e. The van der Waals surface area contributed by atoms with Crippen LogP contribution >= 0.6 is 0 Å². The maximum absolute atomic E-state index is 12.0. The van der Waals surface area contributed by atoms with E-state index in [4.69, 9.17) is 10.5 Å². The normalized spacial score (nSPS) is 22.8. The van der Waals surface area contributed by atoms with Crippen LogP contribution in [0.15, 0.2) is 24.3 Å². The van der Waals surface area contributed by atoms with E-state index in [9.17, 15) is 4.79 Å². The number of ether oxygens (including phenoxy) is 1. The molecule has 0 aliphatic carbocycles. The standard InChI is InChI=1S/C15H23N3O2/c1-11-7-12(8-16)9-18(11)10-15(19)17-13-3-5-14(20-2)6-4-13/h3-6,11-12H,7-10,16H2,1-2H3,(H,17,19). The number of hydrogen-bond acceptors (Lipinski definition) is 4. The molecule has 2 atom stereocenters. The number of methoxy groups -OCH3 is 1. The lowest BCUT2D eigenvalue weighted by atomic mass is 10.1. The third-order valence-corrected chi connectivity index (χ3v) is 3.84. The summed E-state index contributed by atoms with van der Waals surface area (Å²) in [6.07, 6.45) is 1.08. The van der Waals surface area contributed by atoms with E-state index >= 15 is 0 Å². The molecule has 1 amide bonds. The largest absolute Gasteiger partial charge is 0.497 e. The number of carbonyl (C=O) groups is 1. The fourth-order valence-corrected chi connectivity index (χ4v) is 2.67. The molecular weight excluding hydrogens is 254 g/mol. The molecule has 5 nitrogen and oxygen atoms in total. The van der Waals surface area contributed by atoms with Crippen LogP contribution in [0.2, 0.25) is 0 Å². The molecule has 1 fully saturated rings. The van der Waals surface area contributed by atoms with Crippen molar-refractivity contribution in [2.24, 2.45) is 11.7 Å². The van der Waals surface area contributed by atoms with Gasteiger partial charge >= 0.3 is 0 Å². The second-order valence-electron chi connectivity index (χ2n) is 5.39. The number of nitrogens with zero attached hydrogens (tertiary/aromatic N) is 1. The van der Waals surface area contributed by atoms with Gasteiger partial charge in [-0.3, -0.25) is 9.69 Å². The molecule has 1 aromatic rings. The highest BCUT2D eigenvalue weighted by Crippen LogP contribution is 2.22. The fourth-order valence-electron chi connectivity index (χ4n) is 2.67. The van der Waals surface area contributed by atoms with Crippen molar-refractivity contribution in [3.63, 3.8) is 0 Å². The third kappa shape index (κ3) is 3.71. The minimum atomic E-state index is 0.0136. The van der Waals surface area contributed by atoms with Gasteiger partial charge in [-0.25, -0.2) is 0 Å². The second kappa shape index (κ2) is 6.72. The van der Waals surface area contributed by atoms with E-state index in [1.807, 2.05) is 24.3 Å². The molecule has 110 valence electrons. The summed E-state index contributed by atoms with van der Waals surface area (Å²) in [6, 6.07) is 7.77. The Morgan fingerprint density at radius 1 is 1.45 bits per heavy atom. The van der Waals surface area contributed by atoms with Gasteiger partial charge in [-0.2, -0.15) is 0 Å². The van der Waals surface area contributed by atoms with E-state index < -0.39 is 0 Å². The molecule has 1 aliphatic heterocycles. The van der Waals surface area contributed by atoms with Gasteiger partial charge in [0.1, 0.15) is 5.75 Å². The summed E-state index contributed by atoms with van der Waals surface area (Å²) in [5.41, 5.74) is 6.49. The van der Waals surface area contributed by atoms with Crippen LogP contribution in [0.1, 0.15) is 13.3 Å². The number of likely N-dealkylation sites (tertiary alicyclic amines) is 1. The van der Waals surface area contributed by atoms with Crippen LogP contribution in [0.5, 0.6) is 5.75 Å². The molecule has 2 unspecified atom stereocenters. The van der Waals surface area contributed by atoms with Crippen molar-refractivity contribution in [3.8, 4) is 5.75 Å². The molecule has 1 aliphatic rings. The van der Waals surface area contributed by atoms with Gasteiger partial charge < -0.3 is 15.8 Å². The Labute approximate surface area is 120 Å². The van der Waals surface area contributed by atoms with Crippen molar-refractivity contribution < 1.29 is 9.53 Å². The summed E-state index contributed by atoms with van der Waals surface area (Å²) in [6.45, 7) is 4.18. The molecule has 1 saturated heterocycles. The monoisotopic (exact) mass is 277 g/mol. The van der Waals surface area contributed by atoms with Crippen molar-refractivity contribution in [2.45, 2.75) is 19.4 Å². The van der Waals surface area contributed by atoms with Gasteiger partial charge in [0.2, 0.25) is 5.91 Å². The first kappa shape index (κ1) is 14.8. The van der Waals surface area contributed by atoms with Gasteiger partial charge in [-0.05, 0) is 50.1 Å². The first-order chi connectivity index (χ1) is 9.62. The van der Waals surface area contributed by atoms with E-state index in [2.05, 4.69) is 17.1 Å². The van der Waals surface area contributed by atoms with Crippen LogP contribution in [-0.2, 0) is 4.79 Å². The predicted octanol–water partition coefficient (Wildman–Crippen LogP) is 1.30. The number of hydrogen-bond donors (Lipinski definition) is 2. The van der Waals surface area contributed by atoms with Crippen molar-refractivity contribution in [1.29, 1.82) is 0 Å². The first-order valence-electron chi connectivity index (χ1n) is 7.00. The Morgan fingerprint density at radius 3 is 2.70 bits per heavy atom. The highest BCUT2D eigenvalue weighted by atomic mass is 16.5. The summed E-state index contributed by atoms with van der Waals surface area (Å²) in [5.74, 6) is 1.31. The molecular formula is C15H23N3O2. The van der Waals surface area contributed by atoms with Crippen molar-refractivity contribution >= 4 is 11.6 Å². The Balaban J connectivity index is 1.85. The van der Waals surface area contributed by atoms with E-state index in [0.717, 1.165) is 24.4 Å². The molecule has 3 N–H and O–H groups in total. The minimum absolute atomic E-state index is 0.0136. The quantitative estimate of drug-likeness (QED) is 0.851. The number of benzene rings is 1. The molecule has 0 aromatic heterocycles. The maximum Gasteiger partial charge on any atom is 0.238 e. The molecule has 0 bridgehead atoms. The topological polar surface area (TPSA) is 67.6 Å². The van der Waals surface area contributed by atoms with Gasteiger partial charge in [0.15, 0.2) is 0 Å². The molecule has 1 heterocycles. The van der Waals surface area contributed by atoms with Crippen molar-refractivity contribution in [3.05, 3.63) is 24.3 Å². The molecule has 0 saturated carbocycles. The molecule has 0 spiro atoms. The van der Waals surface area contributed by atoms with Gasteiger partial charge in [0.25, 0.3) is 0 Å². The zero-order valence-electron chi connectivity index (χ0n) is 12.1. The SMILES string of the molecule is COc1ccc(NC(=O)CN2CC(CN)CC2C)cc1. The van der Waals surface area contributed by atoms with Crippen LogP contribution in [-0.4, -0.2) is 43.6 Å². The Morgan fingerprint density at radius 2 is 2.15 bits per heavy atom. The van der Waals surface area contributed by atoms with Crippen LogP contribution < -0.4 is 15.8 Å². The number of anilines is 1. The van der Waals surface area contributed by atoms with Crippen molar-refractivity contribution in [1.82, 2.24) is 4.90 Å². The molecule has 2 rings (SSSR count).